The molecule has 0 aromatic carbocycles. The monoisotopic (exact) mass is 440 g/mol. The number of carbonyl (C=O) groups excluding carboxylic acids is 1. The van der Waals surface area contributed by atoms with Crippen molar-refractivity contribution in [1.29, 1.82) is 0 Å². The lowest BCUT2D eigenvalue weighted by atomic mass is 9.47. The van der Waals surface area contributed by atoms with Crippen LogP contribution in [0.1, 0.15) is 92.9 Å². The van der Waals surface area contributed by atoms with Gasteiger partial charge in [-0.15, -0.1) is 0 Å². The zero-order valence-corrected chi connectivity index (χ0v) is 21.1. The molecule has 0 aromatic heterocycles. The average molecular weight is 441 g/mol. The van der Waals surface area contributed by atoms with Crippen molar-refractivity contribution in [2.24, 2.45) is 46.3 Å². The molecule has 1 spiro atoms. The first-order chi connectivity index (χ1) is 15.0. The van der Waals surface area contributed by atoms with Crippen LogP contribution in [0.15, 0.2) is 23.3 Å². The molecule has 0 aromatic rings. The quantitative estimate of drug-likeness (QED) is 0.403. The first-order valence-corrected chi connectivity index (χ1v) is 13.3. The summed E-state index contributed by atoms with van der Waals surface area (Å²) < 4.78 is 6.35. The Morgan fingerprint density at radius 3 is 2.53 bits per heavy atom. The molecule has 1 unspecified atom stereocenters. The third kappa shape index (κ3) is 2.98. The summed E-state index contributed by atoms with van der Waals surface area (Å²) in [5.74, 6) is 3.44. The summed E-state index contributed by atoms with van der Waals surface area (Å²) in [6, 6.07) is 0. The lowest BCUT2D eigenvalue weighted by Gasteiger charge is -2.56. The highest BCUT2D eigenvalue weighted by atomic mass is 16.6. The maximum absolute atomic E-state index is 13.7. The van der Waals surface area contributed by atoms with E-state index in [1.165, 1.54) is 11.1 Å². The summed E-state index contributed by atoms with van der Waals surface area (Å²) in [4.78, 5) is 13.7. The van der Waals surface area contributed by atoms with Crippen molar-refractivity contribution in [3.63, 3.8) is 0 Å². The van der Waals surface area contributed by atoms with E-state index in [0.29, 0.717) is 35.5 Å². The number of rotatable bonds is 4. The molecule has 0 radical (unpaired) electrons. The number of ether oxygens (including phenoxy) is 1. The minimum Gasteiger partial charge on any atom is -0.454 e. The van der Waals surface area contributed by atoms with Crippen LogP contribution >= 0.6 is 0 Å². The molecule has 2 saturated carbocycles. The van der Waals surface area contributed by atoms with Gasteiger partial charge in [-0.25, -0.2) is 0 Å². The second-order valence-corrected chi connectivity index (χ2v) is 12.9. The molecule has 0 bridgehead atoms. The van der Waals surface area contributed by atoms with Gasteiger partial charge in [0.1, 0.15) is 5.60 Å². The molecule has 9 atom stereocenters. The molecule has 3 fully saturated rings. The van der Waals surface area contributed by atoms with Crippen LogP contribution in [-0.2, 0) is 9.53 Å². The first kappa shape index (κ1) is 22.7. The van der Waals surface area contributed by atoms with Crippen LogP contribution in [0.4, 0.5) is 0 Å². The Kier molecular flexibility index (Phi) is 5.29. The van der Waals surface area contributed by atoms with Crippen LogP contribution in [-0.4, -0.2) is 22.8 Å². The molecule has 5 aliphatic rings. The average Bonchev–Trinajstić information content (AvgIpc) is 3.23. The molecular formula is C29H44O3. The third-order valence-corrected chi connectivity index (χ3v) is 11.1. The topological polar surface area (TPSA) is 46.5 Å². The molecule has 4 aliphatic carbocycles. The zero-order chi connectivity index (χ0) is 23.1. The smallest absolute Gasteiger partial charge is 0.317 e. The van der Waals surface area contributed by atoms with Crippen molar-refractivity contribution < 1.29 is 14.6 Å². The van der Waals surface area contributed by atoms with E-state index in [0.717, 1.165) is 51.4 Å². The van der Waals surface area contributed by atoms with E-state index in [-0.39, 0.29) is 22.9 Å². The minimum absolute atomic E-state index is 0.0793. The first-order valence-electron chi connectivity index (χ1n) is 13.3. The van der Waals surface area contributed by atoms with Gasteiger partial charge in [0.25, 0.3) is 0 Å². The molecule has 1 heterocycles. The number of hydrogen-bond acceptors (Lipinski definition) is 3. The molecule has 1 N–H and O–H groups in total. The fourth-order valence-electron chi connectivity index (χ4n) is 8.93. The highest BCUT2D eigenvalue weighted by Gasteiger charge is 2.68. The van der Waals surface area contributed by atoms with E-state index < -0.39 is 5.60 Å². The number of aliphatic hydroxyl groups excluding tert-OH is 1. The molecule has 0 amide bonds. The second-order valence-electron chi connectivity index (χ2n) is 12.9. The van der Waals surface area contributed by atoms with Crippen LogP contribution in [0.5, 0.6) is 0 Å². The van der Waals surface area contributed by atoms with Crippen molar-refractivity contribution in [3.8, 4) is 0 Å². The minimum atomic E-state index is -0.435. The predicted octanol–water partition coefficient (Wildman–Crippen LogP) is 6.46. The molecule has 3 nitrogen and oxygen atoms in total. The van der Waals surface area contributed by atoms with Crippen LogP contribution in [0.25, 0.3) is 0 Å². The maximum atomic E-state index is 13.7. The SMILES string of the molecule is CC(C)[C@@H](C)[C@H](C)C[C@@]1(C)OC(=O)[C@]23CC[C@H]4[C@@H](CC=C5C[C@@H](O)CCC54C)[C@@H]2CC=C31. The van der Waals surface area contributed by atoms with Gasteiger partial charge in [-0.1, -0.05) is 52.3 Å². The van der Waals surface area contributed by atoms with Gasteiger partial charge in [0.15, 0.2) is 0 Å². The Hall–Kier alpha value is -1.09. The number of cyclic esters (lactones) is 1. The van der Waals surface area contributed by atoms with Gasteiger partial charge >= 0.3 is 5.97 Å². The molecule has 32 heavy (non-hydrogen) atoms. The highest BCUT2D eigenvalue weighted by molar-refractivity contribution is 5.87. The van der Waals surface area contributed by atoms with Gasteiger partial charge in [-0.2, -0.15) is 0 Å². The van der Waals surface area contributed by atoms with E-state index in [9.17, 15) is 9.90 Å². The summed E-state index contributed by atoms with van der Waals surface area (Å²) in [7, 11) is 0. The highest BCUT2D eigenvalue weighted by Crippen LogP contribution is 2.69. The van der Waals surface area contributed by atoms with Crippen LogP contribution in [0, 0.1) is 46.3 Å². The molecule has 1 saturated heterocycles. The second kappa shape index (κ2) is 7.45. The van der Waals surface area contributed by atoms with E-state index >= 15 is 0 Å². The number of esters is 1. The number of aliphatic hydroxyl groups is 1. The van der Waals surface area contributed by atoms with Gasteiger partial charge in [-0.05, 0) is 105 Å². The van der Waals surface area contributed by atoms with Crippen LogP contribution in [0.3, 0.4) is 0 Å². The molecular weight excluding hydrogens is 396 g/mol. The van der Waals surface area contributed by atoms with E-state index in [1.807, 2.05) is 0 Å². The number of hydrogen-bond donors (Lipinski definition) is 1. The van der Waals surface area contributed by atoms with Crippen molar-refractivity contribution in [1.82, 2.24) is 0 Å². The fourth-order valence-corrected chi connectivity index (χ4v) is 8.93. The maximum Gasteiger partial charge on any atom is 0.317 e. The van der Waals surface area contributed by atoms with E-state index in [1.54, 1.807) is 0 Å². The van der Waals surface area contributed by atoms with E-state index in [4.69, 9.17) is 4.74 Å². The normalized spacial score (nSPS) is 46.9. The van der Waals surface area contributed by atoms with Gasteiger partial charge < -0.3 is 9.84 Å². The lowest BCUT2D eigenvalue weighted by Crippen LogP contribution is -2.52. The fraction of sp³-hybridized carbons (Fsp3) is 0.828. The van der Waals surface area contributed by atoms with Crippen molar-refractivity contribution >= 4 is 5.97 Å². The van der Waals surface area contributed by atoms with Crippen LogP contribution in [0.2, 0.25) is 0 Å². The molecule has 5 rings (SSSR count). The van der Waals surface area contributed by atoms with Crippen molar-refractivity contribution in [2.75, 3.05) is 0 Å². The summed E-state index contributed by atoms with van der Waals surface area (Å²) in [6.45, 7) is 13.9. The van der Waals surface area contributed by atoms with Crippen LogP contribution < -0.4 is 0 Å². The van der Waals surface area contributed by atoms with Crippen molar-refractivity contribution in [2.45, 2.75) is 105 Å². The Bertz CT molecular complexity index is 854. The Morgan fingerprint density at radius 2 is 1.81 bits per heavy atom. The Morgan fingerprint density at radius 1 is 1.06 bits per heavy atom. The predicted molar refractivity (Wildman–Crippen MR) is 128 cm³/mol. The lowest BCUT2D eigenvalue weighted by molar-refractivity contribution is -0.161. The van der Waals surface area contributed by atoms with Gasteiger partial charge in [-0.3, -0.25) is 4.79 Å². The third-order valence-electron chi connectivity index (χ3n) is 11.1. The summed E-state index contributed by atoms with van der Waals surface area (Å²) in [6.07, 6.45) is 12.7. The number of allylic oxidation sites excluding steroid dienone is 2. The largest absolute Gasteiger partial charge is 0.454 e. The number of carbonyl (C=O) groups is 1. The Labute approximate surface area is 195 Å². The zero-order valence-electron chi connectivity index (χ0n) is 21.1. The summed E-state index contributed by atoms with van der Waals surface area (Å²) in [5, 5.41) is 10.3. The standard InChI is InChI=1S/C29H44O3/c1-17(2)19(4)18(3)16-28(6)25-10-9-24-22-8-7-20-15-21(30)11-13-27(20,5)23(22)12-14-29(24,25)26(31)32-28/h7,10,17-19,21-24,30H,8-9,11-16H2,1-6H3/t18-,19-,21+,22-,23+,24+,27?,28-,29-/m1/s1. The van der Waals surface area contributed by atoms with Crippen molar-refractivity contribution in [3.05, 3.63) is 23.3 Å². The Balaban J connectivity index is 1.43. The summed E-state index contributed by atoms with van der Waals surface area (Å²) >= 11 is 0. The number of fused-ring (bicyclic) bond motifs is 4. The van der Waals surface area contributed by atoms with Gasteiger partial charge in [0.2, 0.25) is 0 Å². The van der Waals surface area contributed by atoms with Gasteiger partial charge in [0, 0.05) is 0 Å². The molecule has 3 heteroatoms. The van der Waals surface area contributed by atoms with E-state index in [2.05, 4.69) is 53.7 Å². The van der Waals surface area contributed by atoms with Gasteiger partial charge in [0.05, 0.1) is 11.5 Å². The molecule has 1 aliphatic heterocycles. The summed E-state index contributed by atoms with van der Waals surface area (Å²) in [5.41, 5.74) is 2.23. The molecule has 178 valence electrons.